The lowest BCUT2D eigenvalue weighted by molar-refractivity contribution is -0.138. The van der Waals surface area contributed by atoms with E-state index in [1.165, 1.54) is 0 Å². The van der Waals surface area contributed by atoms with Crippen molar-refractivity contribution in [2.45, 2.75) is 5.92 Å². The van der Waals surface area contributed by atoms with E-state index in [2.05, 4.69) is 10.1 Å². The molecule has 0 unspecified atom stereocenters. The lowest BCUT2D eigenvalue weighted by Crippen LogP contribution is -2.50. The molecule has 1 saturated heterocycles. The molecule has 0 N–H and O–H groups in total. The molecular weight excluding hydrogens is 389 g/mol. The van der Waals surface area contributed by atoms with Crippen LogP contribution < -0.4 is 4.74 Å². The van der Waals surface area contributed by atoms with Crippen LogP contribution in [0, 0.1) is 0 Å². The SMILES string of the molecule is O=C(COc1ccc(Cl)cc1)N1CC(c2nc(-c3cccc(Cl)c3)no2)C1. The van der Waals surface area contributed by atoms with E-state index < -0.39 is 0 Å². The Morgan fingerprint density at radius 2 is 1.93 bits per heavy atom. The molecule has 6 nitrogen and oxygen atoms in total. The van der Waals surface area contributed by atoms with Gasteiger partial charge < -0.3 is 14.2 Å². The van der Waals surface area contributed by atoms with Gasteiger partial charge in [-0.05, 0) is 36.4 Å². The van der Waals surface area contributed by atoms with Crippen molar-refractivity contribution in [1.29, 1.82) is 0 Å². The topological polar surface area (TPSA) is 68.5 Å². The van der Waals surface area contributed by atoms with Gasteiger partial charge in [-0.25, -0.2) is 0 Å². The van der Waals surface area contributed by atoms with Gasteiger partial charge in [-0.1, -0.05) is 40.5 Å². The summed E-state index contributed by atoms with van der Waals surface area (Å²) in [5.74, 6) is 1.56. The molecular formula is C19H15Cl2N3O3. The second-order valence-electron chi connectivity index (χ2n) is 6.20. The second kappa shape index (κ2) is 7.58. The van der Waals surface area contributed by atoms with Gasteiger partial charge in [-0.2, -0.15) is 4.98 Å². The van der Waals surface area contributed by atoms with Crippen molar-refractivity contribution in [3.8, 4) is 17.1 Å². The zero-order valence-corrected chi connectivity index (χ0v) is 15.7. The minimum atomic E-state index is -0.0872. The average Bonchev–Trinajstić information content (AvgIpc) is 3.10. The molecule has 138 valence electrons. The Labute approximate surface area is 165 Å². The average molecular weight is 404 g/mol. The summed E-state index contributed by atoms with van der Waals surface area (Å²) in [6.07, 6.45) is 0. The summed E-state index contributed by atoms with van der Waals surface area (Å²) in [6.45, 7) is 1.03. The van der Waals surface area contributed by atoms with Gasteiger partial charge in [0.25, 0.3) is 5.91 Å². The Morgan fingerprint density at radius 3 is 2.67 bits per heavy atom. The molecule has 1 aliphatic rings. The van der Waals surface area contributed by atoms with E-state index in [-0.39, 0.29) is 18.4 Å². The van der Waals surface area contributed by atoms with Gasteiger partial charge in [0, 0.05) is 28.7 Å². The third-order valence-corrected chi connectivity index (χ3v) is 4.77. The summed E-state index contributed by atoms with van der Waals surface area (Å²) in [4.78, 5) is 18.3. The molecule has 0 spiro atoms. The van der Waals surface area contributed by atoms with Crippen LogP contribution in [0.5, 0.6) is 5.75 Å². The molecule has 0 atom stereocenters. The highest BCUT2D eigenvalue weighted by molar-refractivity contribution is 6.31. The monoisotopic (exact) mass is 403 g/mol. The lowest BCUT2D eigenvalue weighted by atomic mass is 10.0. The Hall–Kier alpha value is -2.57. The van der Waals surface area contributed by atoms with E-state index in [0.717, 1.165) is 5.56 Å². The predicted octanol–water partition coefficient (Wildman–Crippen LogP) is 4.05. The summed E-state index contributed by atoms with van der Waals surface area (Å²) >= 11 is 11.8. The van der Waals surface area contributed by atoms with Crippen molar-refractivity contribution in [3.05, 3.63) is 64.5 Å². The highest BCUT2D eigenvalue weighted by Gasteiger charge is 2.35. The molecule has 1 aliphatic heterocycles. The zero-order valence-electron chi connectivity index (χ0n) is 14.1. The number of benzene rings is 2. The number of hydrogen-bond acceptors (Lipinski definition) is 5. The van der Waals surface area contributed by atoms with Crippen LogP contribution >= 0.6 is 23.2 Å². The molecule has 4 rings (SSSR count). The number of amides is 1. The Morgan fingerprint density at radius 1 is 1.15 bits per heavy atom. The number of aromatic nitrogens is 2. The maximum Gasteiger partial charge on any atom is 0.260 e. The summed E-state index contributed by atoms with van der Waals surface area (Å²) in [7, 11) is 0. The first-order valence-corrected chi connectivity index (χ1v) is 9.10. The Kier molecular flexibility index (Phi) is 5.01. The van der Waals surface area contributed by atoms with Crippen molar-refractivity contribution in [2.24, 2.45) is 0 Å². The summed E-state index contributed by atoms with van der Waals surface area (Å²) in [5, 5.41) is 5.23. The molecule has 1 aromatic heterocycles. The van der Waals surface area contributed by atoms with Crippen LogP contribution in [-0.4, -0.2) is 40.6 Å². The van der Waals surface area contributed by atoms with Gasteiger partial charge in [-0.15, -0.1) is 0 Å². The number of ether oxygens (including phenoxy) is 1. The number of hydrogen-bond donors (Lipinski definition) is 0. The molecule has 0 bridgehead atoms. The van der Waals surface area contributed by atoms with Crippen LogP contribution in [-0.2, 0) is 4.79 Å². The molecule has 3 aromatic rings. The Balaban J connectivity index is 1.30. The number of rotatable bonds is 5. The molecule has 1 fully saturated rings. The smallest absolute Gasteiger partial charge is 0.260 e. The molecule has 0 saturated carbocycles. The molecule has 0 aliphatic carbocycles. The summed E-state index contributed by atoms with van der Waals surface area (Å²) < 4.78 is 10.8. The minimum absolute atomic E-state index is 0.0219. The van der Waals surface area contributed by atoms with E-state index >= 15 is 0 Å². The highest BCUT2D eigenvalue weighted by atomic mass is 35.5. The first-order chi connectivity index (χ1) is 13.1. The molecule has 0 radical (unpaired) electrons. The molecule has 8 heteroatoms. The first-order valence-electron chi connectivity index (χ1n) is 8.34. The van der Waals surface area contributed by atoms with E-state index in [1.807, 2.05) is 12.1 Å². The van der Waals surface area contributed by atoms with Crippen LogP contribution in [0.1, 0.15) is 11.8 Å². The number of likely N-dealkylation sites (tertiary alicyclic amines) is 1. The van der Waals surface area contributed by atoms with E-state index in [4.69, 9.17) is 32.5 Å². The molecule has 1 amide bonds. The van der Waals surface area contributed by atoms with E-state index in [9.17, 15) is 4.79 Å². The molecule has 27 heavy (non-hydrogen) atoms. The van der Waals surface area contributed by atoms with Crippen LogP contribution in [0.3, 0.4) is 0 Å². The number of carbonyl (C=O) groups excluding carboxylic acids is 1. The van der Waals surface area contributed by atoms with E-state index in [1.54, 1.807) is 41.3 Å². The fraction of sp³-hybridized carbons (Fsp3) is 0.211. The van der Waals surface area contributed by atoms with Crippen molar-refractivity contribution < 1.29 is 14.1 Å². The highest BCUT2D eigenvalue weighted by Crippen LogP contribution is 2.28. The summed E-state index contributed by atoms with van der Waals surface area (Å²) in [5.41, 5.74) is 0.793. The van der Waals surface area contributed by atoms with Crippen LogP contribution in [0.25, 0.3) is 11.4 Å². The van der Waals surface area contributed by atoms with E-state index in [0.29, 0.717) is 40.6 Å². The predicted molar refractivity (Wildman–Crippen MR) is 101 cm³/mol. The van der Waals surface area contributed by atoms with Gasteiger partial charge in [0.2, 0.25) is 11.7 Å². The van der Waals surface area contributed by atoms with Crippen molar-refractivity contribution in [3.63, 3.8) is 0 Å². The fourth-order valence-corrected chi connectivity index (χ4v) is 3.07. The number of nitrogens with zero attached hydrogens (tertiary/aromatic N) is 3. The fourth-order valence-electron chi connectivity index (χ4n) is 2.75. The third-order valence-electron chi connectivity index (χ3n) is 4.28. The van der Waals surface area contributed by atoms with Crippen molar-refractivity contribution >= 4 is 29.1 Å². The van der Waals surface area contributed by atoms with Gasteiger partial charge in [0.05, 0.1) is 5.92 Å². The zero-order chi connectivity index (χ0) is 18.8. The molecule has 2 aromatic carbocycles. The normalized spacial score (nSPS) is 14.1. The third kappa shape index (κ3) is 4.07. The van der Waals surface area contributed by atoms with Gasteiger partial charge in [-0.3, -0.25) is 4.79 Å². The lowest BCUT2D eigenvalue weighted by Gasteiger charge is -2.36. The number of carbonyl (C=O) groups is 1. The maximum absolute atomic E-state index is 12.2. The van der Waals surface area contributed by atoms with Crippen molar-refractivity contribution in [1.82, 2.24) is 15.0 Å². The van der Waals surface area contributed by atoms with Crippen molar-refractivity contribution in [2.75, 3.05) is 19.7 Å². The van der Waals surface area contributed by atoms with Crippen LogP contribution in [0.2, 0.25) is 10.0 Å². The standard InChI is InChI=1S/C19H15Cl2N3O3/c20-14-4-6-16(7-5-14)26-11-17(25)24-9-13(10-24)19-22-18(23-27-19)12-2-1-3-15(21)8-12/h1-8,13H,9-11H2. The van der Waals surface area contributed by atoms with Crippen LogP contribution in [0.4, 0.5) is 0 Å². The second-order valence-corrected chi connectivity index (χ2v) is 7.08. The minimum Gasteiger partial charge on any atom is -0.484 e. The van der Waals surface area contributed by atoms with Crippen LogP contribution in [0.15, 0.2) is 53.1 Å². The van der Waals surface area contributed by atoms with Gasteiger partial charge in [0.1, 0.15) is 5.75 Å². The Bertz CT molecular complexity index is 953. The largest absolute Gasteiger partial charge is 0.484 e. The van der Waals surface area contributed by atoms with Gasteiger partial charge in [0.15, 0.2) is 6.61 Å². The molecule has 2 heterocycles. The maximum atomic E-state index is 12.2. The number of halogens is 2. The first kappa shape index (κ1) is 17.8. The van der Waals surface area contributed by atoms with Gasteiger partial charge >= 0.3 is 0 Å². The summed E-state index contributed by atoms with van der Waals surface area (Å²) in [6, 6.07) is 14.1. The quantitative estimate of drug-likeness (QED) is 0.642.